The summed E-state index contributed by atoms with van der Waals surface area (Å²) in [6.07, 6.45) is 1.85. The molecule has 0 unspecified atom stereocenters. The van der Waals surface area contributed by atoms with Crippen LogP contribution in [-0.4, -0.2) is 53.4 Å². The number of halogens is 1. The molecule has 3 N–H and O–H groups in total. The predicted molar refractivity (Wildman–Crippen MR) is 110 cm³/mol. The van der Waals surface area contributed by atoms with Crippen LogP contribution < -0.4 is 11.1 Å². The maximum atomic E-state index is 12.3. The topological polar surface area (TPSA) is 74.5 Å². The number of aromatic nitrogens is 1. The Morgan fingerprint density at radius 2 is 1.92 bits per heavy atom. The van der Waals surface area contributed by atoms with Crippen LogP contribution in [0.1, 0.15) is 16.0 Å². The zero-order valence-corrected chi connectivity index (χ0v) is 16.8. The first-order valence-corrected chi connectivity index (χ1v) is 9.34. The fraction of sp³-hybridized carbons (Fsp3) is 0.444. The summed E-state index contributed by atoms with van der Waals surface area (Å²) in [4.78, 5) is 22.2. The highest BCUT2D eigenvalue weighted by Gasteiger charge is 2.20. The van der Waals surface area contributed by atoms with E-state index >= 15 is 0 Å². The van der Waals surface area contributed by atoms with Gasteiger partial charge in [-0.3, -0.25) is 14.6 Å². The van der Waals surface area contributed by atoms with Gasteiger partial charge in [0.15, 0.2) is 5.13 Å². The molecule has 6 nitrogen and oxygen atoms in total. The lowest BCUT2D eigenvalue weighted by Gasteiger charge is -2.33. The first kappa shape index (κ1) is 20.6. The van der Waals surface area contributed by atoms with Gasteiger partial charge in [-0.2, -0.15) is 0 Å². The smallest absolute Gasteiger partial charge is 0.238 e. The molecule has 0 spiro atoms. The Balaban J connectivity index is 0.00000243. The SMILES string of the molecule is Cc1cccc(NC(=O)CN2CCN(Cc3cnc(N)s3)CC2)c1C.Cl. The Bertz CT molecular complexity index is 743. The quantitative estimate of drug-likeness (QED) is 0.813. The predicted octanol–water partition coefficient (Wildman–Crippen LogP) is 2.52. The Labute approximate surface area is 164 Å². The summed E-state index contributed by atoms with van der Waals surface area (Å²) < 4.78 is 0. The van der Waals surface area contributed by atoms with E-state index in [1.165, 1.54) is 10.4 Å². The maximum absolute atomic E-state index is 12.3. The molecule has 2 aromatic rings. The highest BCUT2D eigenvalue weighted by atomic mass is 35.5. The number of carbonyl (C=O) groups is 1. The number of piperazine rings is 1. The average Bonchev–Trinajstić information content (AvgIpc) is 2.99. The van der Waals surface area contributed by atoms with Crippen molar-refractivity contribution in [3.8, 4) is 0 Å². The molecule has 0 radical (unpaired) electrons. The van der Waals surface area contributed by atoms with Crippen LogP contribution >= 0.6 is 23.7 Å². The zero-order chi connectivity index (χ0) is 17.8. The van der Waals surface area contributed by atoms with Crippen molar-refractivity contribution in [3.63, 3.8) is 0 Å². The van der Waals surface area contributed by atoms with Crippen LogP contribution in [0.2, 0.25) is 0 Å². The number of hydrogen-bond donors (Lipinski definition) is 2. The molecule has 3 rings (SSSR count). The zero-order valence-electron chi connectivity index (χ0n) is 15.2. The molecular weight excluding hydrogens is 370 g/mol. The van der Waals surface area contributed by atoms with Crippen LogP contribution in [0, 0.1) is 13.8 Å². The fourth-order valence-electron chi connectivity index (χ4n) is 3.00. The standard InChI is InChI=1S/C18H25N5OS.ClH/c1-13-4-3-5-16(14(13)2)21-17(24)12-23-8-6-22(7-9-23)11-15-10-20-18(19)25-15;/h3-5,10H,6-9,11-12H2,1-2H3,(H2,19,20)(H,21,24);1H. The molecule has 0 saturated carbocycles. The van der Waals surface area contributed by atoms with Gasteiger partial charge in [0.2, 0.25) is 5.91 Å². The number of thiazole rings is 1. The number of nitrogens with one attached hydrogen (secondary N) is 1. The highest BCUT2D eigenvalue weighted by molar-refractivity contribution is 7.15. The van der Waals surface area contributed by atoms with Gasteiger partial charge in [-0.05, 0) is 31.0 Å². The summed E-state index contributed by atoms with van der Waals surface area (Å²) >= 11 is 1.54. The number of nitrogen functional groups attached to an aromatic ring is 1. The molecule has 142 valence electrons. The molecule has 1 aromatic heterocycles. The molecule has 0 bridgehead atoms. The van der Waals surface area contributed by atoms with E-state index in [9.17, 15) is 4.79 Å². The summed E-state index contributed by atoms with van der Waals surface area (Å²) in [5, 5.41) is 3.66. The Kier molecular flexibility index (Phi) is 7.40. The van der Waals surface area contributed by atoms with Crippen LogP contribution in [0.3, 0.4) is 0 Å². The molecule has 26 heavy (non-hydrogen) atoms. The van der Waals surface area contributed by atoms with Gasteiger partial charge in [-0.25, -0.2) is 4.98 Å². The number of amides is 1. The van der Waals surface area contributed by atoms with Gasteiger partial charge >= 0.3 is 0 Å². The lowest BCUT2D eigenvalue weighted by molar-refractivity contribution is -0.117. The molecule has 8 heteroatoms. The molecule has 1 aliphatic rings. The van der Waals surface area contributed by atoms with E-state index in [-0.39, 0.29) is 18.3 Å². The maximum Gasteiger partial charge on any atom is 0.238 e. The van der Waals surface area contributed by atoms with Crippen LogP contribution in [0.4, 0.5) is 10.8 Å². The minimum absolute atomic E-state index is 0. The molecular formula is C18H26ClN5OS. The third kappa shape index (κ3) is 5.41. The van der Waals surface area contributed by atoms with Crippen LogP contribution in [0.15, 0.2) is 24.4 Å². The van der Waals surface area contributed by atoms with Crippen molar-refractivity contribution in [1.29, 1.82) is 0 Å². The molecule has 0 aliphatic carbocycles. The van der Waals surface area contributed by atoms with E-state index in [0.717, 1.165) is 44.0 Å². The third-order valence-corrected chi connectivity index (χ3v) is 5.47. The van der Waals surface area contributed by atoms with Crippen molar-refractivity contribution in [2.45, 2.75) is 20.4 Å². The van der Waals surface area contributed by atoms with Gasteiger partial charge in [0.25, 0.3) is 0 Å². The lowest BCUT2D eigenvalue weighted by atomic mass is 10.1. The first-order chi connectivity index (χ1) is 12.0. The number of anilines is 2. The molecule has 0 atom stereocenters. The fourth-order valence-corrected chi connectivity index (χ4v) is 3.73. The van der Waals surface area contributed by atoms with Crippen molar-refractivity contribution < 1.29 is 4.79 Å². The second-order valence-corrected chi connectivity index (χ2v) is 7.66. The summed E-state index contributed by atoms with van der Waals surface area (Å²) in [5.74, 6) is 0.0531. The van der Waals surface area contributed by atoms with Crippen molar-refractivity contribution in [3.05, 3.63) is 40.4 Å². The Hall–Kier alpha value is -1.67. The number of aryl methyl sites for hydroxylation is 1. The minimum atomic E-state index is 0. The van der Waals surface area contributed by atoms with Crippen LogP contribution in [0.5, 0.6) is 0 Å². The summed E-state index contributed by atoms with van der Waals surface area (Å²) in [7, 11) is 0. The van der Waals surface area contributed by atoms with Gasteiger partial charge < -0.3 is 11.1 Å². The van der Waals surface area contributed by atoms with E-state index in [4.69, 9.17) is 5.73 Å². The van der Waals surface area contributed by atoms with Gasteiger partial charge in [-0.1, -0.05) is 12.1 Å². The highest BCUT2D eigenvalue weighted by Crippen LogP contribution is 2.19. The molecule has 1 aromatic carbocycles. The summed E-state index contributed by atoms with van der Waals surface area (Å²) in [6, 6.07) is 5.99. The molecule has 1 amide bonds. The number of carbonyl (C=O) groups excluding carboxylic acids is 1. The van der Waals surface area contributed by atoms with E-state index in [2.05, 4.69) is 33.1 Å². The Morgan fingerprint density at radius 1 is 1.23 bits per heavy atom. The second kappa shape index (κ2) is 9.32. The van der Waals surface area contributed by atoms with E-state index in [0.29, 0.717) is 11.7 Å². The van der Waals surface area contributed by atoms with Crippen molar-refractivity contribution in [1.82, 2.24) is 14.8 Å². The molecule has 2 heterocycles. The van der Waals surface area contributed by atoms with Crippen molar-refractivity contribution in [2.75, 3.05) is 43.8 Å². The van der Waals surface area contributed by atoms with E-state index in [1.807, 2.05) is 25.3 Å². The number of benzene rings is 1. The second-order valence-electron chi connectivity index (χ2n) is 6.51. The van der Waals surface area contributed by atoms with Gasteiger partial charge in [-0.15, -0.1) is 23.7 Å². The van der Waals surface area contributed by atoms with E-state index < -0.39 is 0 Å². The van der Waals surface area contributed by atoms with Crippen LogP contribution in [-0.2, 0) is 11.3 Å². The summed E-state index contributed by atoms with van der Waals surface area (Å²) in [6.45, 7) is 9.12. The normalized spacial score (nSPS) is 15.5. The van der Waals surface area contributed by atoms with E-state index in [1.54, 1.807) is 11.3 Å². The third-order valence-electron chi connectivity index (χ3n) is 4.66. The molecule has 1 aliphatic heterocycles. The van der Waals surface area contributed by atoms with Gasteiger partial charge in [0.1, 0.15) is 0 Å². The monoisotopic (exact) mass is 395 g/mol. The molecule has 1 fully saturated rings. The number of nitrogens with zero attached hydrogens (tertiary/aromatic N) is 3. The Morgan fingerprint density at radius 3 is 2.58 bits per heavy atom. The number of hydrogen-bond acceptors (Lipinski definition) is 6. The average molecular weight is 396 g/mol. The largest absolute Gasteiger partial charge is 0.375 e. The van der Waals surface area contributed by atoms with Crippen molar-refractivity contribution >= 4 is 40.5 Å². The minimum Gasteiger partial charge on any atom is -0.375 e. The van der Waals surface area contributed by atoms with Crippen molar-refractivity contribution in [2.24, 2.45) is 0 Å². The van der Waals surface area contributed by atoms with Crippen LogP contribution in [0.25, 0.3) is 0 Å². The lowest BCUT2D eigenvalue weighted by Crippen LogP contribution is -2.48. The number of rotatable bonds is 5. The van der Waals surface area contributed by atoms with Gasteiger partial charge in [0.05, 0.1) is 6.54 Å². The van der Waals surface area contributed by atoms with Gasteiger partial charge in [0, 0.05) is 49.5 Å². The number of nitrogens with two attached hydrogens (primary N) is 1. The molecule has 1 saturated heterocycles. The summed E-state index contributed by atoms with van der Waals surface area (Å²) in [5.41, 5.74) is 8.91. The first-order valence-electron chi connectivity index (χ1n) is 8.52.